The van der Waals surface area contributed by atoms with E-state index in [1.54, 1.807) is 0 Å². The first-order chi connectivity index (χ1) is 9.11. The quantitative estimate of drug-likeness (QED) is 0.725. The third-order valence-corrected chi connectivity index (χ3v) is 3.66. The van der Waals surface area contributed by atoms with Crippen LogP contribution in [0.4, 0.5) is 0 Å². The van der Waals surface area contributed by atoms with Crippen molar-refractivity contribution in [3.63, 3.8) is 0 Å². The lowest BCUT2D eigenvalue weighted by Crippen LogP contribution is -2.00. The van der Waals surface area contributed by atoms with Crippen LogP contribution in [-0.4, -0.2) is 10.4 Å². The van der Waals surface area contributed by atoms with Gasteiger partial charge in [0.15, 0.2) is 5.78 Å². The molecule has 0 saturated carbocycles. The van der Waals surface area contributed by atoms with Crippen LogP contribution in [0.25, 0.3) is 0 Å². The molecular formula is C15H15Cl2NO. The molecule has 0 fully saturated rings. The predicted octanol–water partition coefficient (Wildman–Crippen LogP) is 4.83. The molecule has 0 saturated heterocycles. The fraction of sp³-hybridized carbons (Fsp3) is 0.267. The Hall–Kier alpha value is -1.25. The summed E-state index contributed by atoms with van der Waals surface area (Å²) >= 11 is 12.3. The first-order valence-corrected chi connectivity index (χ1v) is 6.99. The number of halogens is 2. The van der Waals surface area contributed by atoms with Gasteiger partial charge in [0.25, 0.3) is 0 Å². The second-order valence-electron chi connectivity index (χ2n) is 4.45. The average Bonchev–Trinajstić information content (AvgIpc) is 2.83. The highest BCUT2D eigenvalue weighted by Gasteiger charge is 2.09. The van der Waals surface area contributed by atoms with Crippen molar-refractivity contribution in [2.45, 2.75) is 26.3 Å². The molecule has 0 radical (unpaired) electrons. The van der Waals surface area contributed by atoms with Crippen LogP contribution < -0.4 is 0 Å². The van der Waals surface area contributed by atoms with Gasteiger partial charge >= 0.3 is 0 Å². The Morgan fingerprint density at radius 1 is 1.21 bits per heavy atom. The zero-order chi connectivity index (χ0) is 13.8. The van der Waals surface area contributed by atoms with E-state index in [4.69, 9.17) is 23.2 Å². The standard InChI is InChI=1S/C15H15Cl2NO/c1-2-4-15(19)11-7-8-18(9-11)10-12-13(16)5-3-6-14(12)17/h3,5-9H,2,4,10H2,1H3. The molecule has 1 aromatic carbocycles. The third-order valence-electron chi connectivity index (χ3n) is 2.95. The molecule has 0 amide bonds. The molecule has 2 rings (SSSR count). The molecule has 0 atom stereocenters. The fourth-order valence-corrected chi connectivity index (χ4v) is 2.46. The average molecular weight is 296 g/mol. The number of carbonyl (C=O) groups excluding carboxylic acids is 1. The van der Waals surface area contributed by atoms with Gasteiger partial charge in [0, 0.05) is 46.5 Å². The van der Waals surface area contributed by atoms with Crippen molar-refractivity contribution in [3.05, 3.63) is 57.8 Å². The van der Waals surface area contributed by atoms with Crippen LogP contribution in [0, 0.1) is 0 Å². The number of ketones is 1. The first-order valence-electron chi connectivity index (χ1n) is 6.23. The highest BCUT2D eigenvalue weighted by molar-refractivity contribution is 6.35. The van der Waals surface area contributed by atoms with Crippen molar-refractivity contribution >= 4 is 29.0 Å². The van der Waals surface area contributed by atoms with Gasteiger partial charge in [-0.05, 0) is 24.6 Å². The summed E-state index contributed by atoms with van der Waals surface area (Å²) in [5.41, 5.74) is 1.61. The van der Waals surface area contributed by atoms with Gasteiger partial charge in [-0.2, -0.15) is 0 Å². The molecule has 0 aliphatic rings. The first kappa shape index (κ1) is 14.2. The molecule has 0 aliphatic carbocycles. The Morgan fingerprint density at radius 3 is 2.53 bits per heavy atom. The van der Waals surface area contributed by atoms with Crippen molar-refractivity contribution in [1.82, 2.24) is 4.57 Å². The molecule has 2 aromatic rings. The lowest BCUT2D eigenvalue weighted by atomic mass is 10.1. The summed E-state index contributed by atoms with van der Waals surface area (Å²) in [5, 5.41) is 1.28. The van der Waals surface area contributed by atoms with Crippen molar-refractivity contribution < 1.29 is 4.79 Å². The van der Waals surface area contributed by atoms with Crippen molar-refractivity contribution in [2.75, 3.05) is 0 Å². The van der Waals surface area contributed by atoms with Gasteiger partial charge in [-0.25, -0.2) is 0 Å². The maximum Gasteiger partial charge on any atom is 0.164 e. The summed E-state index contributed by atoms with van der Waals surface area (Å²) in [6.07, 6.45) is 5.16. The van der Waals surface area contributed by atoms with E-state index in [-0.39, 0.29) is 5.78 Å². The Bertz CT molecular complexity index is 569. The molecular weight excluding hydrogens is 281 g/mol. The SMILES string of the molecule is CCCC(=O)c1ccn(Cc2c(Cl)cccc2Cl)c1. The molecule has 0 aliphatic heterocycles. The van der Waals surface area contributed by atoms with E-state index in [0.29, 0.717) is 23.0 Å². The van der Waals surface area contributed by atoms with Crippen LogP contribution in [-0.2, 0) is 6.54 Å². The van der Waals surface area contributed by atoms with Gasteiger partial charge in [-0.1, -0.05) is 36.2 Å². The van der Waals surface area contributed by atoms with E-state index in [1.165, 1.54) is 0 Å². The highest BCUT2D eigenvalue weighted by Crippen LogP contribution is 2.25. The highest BCUT2D eigenvalue weighted by atomic mass is 35.5. The van der Waals surface area contributed by atoms with Gasteiger partial charge in [0.1, 0.15) is 0 Å². The zero-order valence-corrected chi connectivity index (χ0v) is 12.2. The molecule has 4 heteroatoms. The molecule has 1 aromatic heterocycles. The number of carbonyl (C=O) groups is 1. The minimum atomic E-state index is 0.173. The number of Topliss-reactive ketones (excluding diaryl/α,β-unsaturated/α-hetero) is 1. The molecule has 1 heterocycles. The lowest BCUT2D eigenvalue weighted by molar-refractivity contribution is 0.0981. The second-order valence-corrected chi connectivity index (χ2v) is 5.26. The van der Waals surface area contributed by atoms with Gasteiger partial charge in [-0.15, -0.1) is 0 Å². The summed E-state index contributed by atoms with van der Waals surface area (Å²) in [6, 6.07) is 7.29. The summed E-state index contributed by atoms with van der Waals surface area (Å²) in [5.74, 6) is 0.173. The maximum absolute atomic E-state index is 11.8. The van der Waals surface area contributed by atoms with Crippen LogP contribution in [0.5, 0.6) is 0 Å². The van der Waals surface area contributed by atoms with E-state index in [9.17, 15) is 4.79 Å². The van der Waals surface area contributed by atoms with Crippen LogP contribution >= 0.6 is 23.2 Å². The monoisotopic (exact) mass is 295 g/mol. The molecule has 100 valence electrons. The van der Waals surface area contributed by atoms with E-state index < -0.39 is 0 Å². The second kappa shape index (κ2) is 6.27. The maximum atomic E-state index is 11.8. The smallest absolute Gasteiger partial charge is 0.164 e. The van der Waals surface area contributed by atoms with Crippen molar-refractivity contribution in [1.29, 1.82) is 0 Å². The van der Waals surface area contributed by atoms with Crippen molar-refractivity contribution in [3.8, 4) is 0 Å². The predicted molar refractivity (Wildman–Crippen MR) is 79.2 cm³/mol. The Balaban J connectivity index is 2.18. The molecule has 2 nitrogen and oxygen atoms in total. The van der Waals surface area contributed by atoms with E-state index in [2.05, 4.69) is 0 Å². The minimum absolute atomic E-state index is 0.173. The molecule has 19 heavy (non-hydrogen) atoms. The van der Waals surface area contributed by atoms with E-state index in [0.717, 1.165) is 17.5 Å². The van der Waals surface area contributed by atoms with Crippen molar-refractivity contribution in [2.24, 2.45) is 0 Å². The van der Waals surface area contributed by atoms with Gasteiger partial charge in [0.05, 0.1) is 0 Å². The van der Waals surface area contributed by atoms with Gasteiger partial charge < -0.3 is 4.57 Å². The number of hydrogen-bond donors (Lipinski definition) is 0. The van der Waals surface area contributed by atoms with Crippen LogP contribution in [0.3, 0.4) is 0 Å². The number of nitrogens with zero attached hydrogens (tertiary/aromatic N) is 1. The Kier molecular flexibility index (Phi) is 4.67. The van der Waals surface area contributed by atoms with Crippen LogP contribution in [0.1, 0.15) is 35.7 Å². The fourth-order valence-electron chi connectivity index (χ4n) is 1.94. The van der Waals surface area contributed by atoms with Gasteiger partial charge in [-0.3, -0.25) is 4.79 Å². The van der Waals surface area contributed by atoms with Crippen LogP contribution in [0.15, 0.2) is 36.7 Å². The Morgan fingerprint density at radius 2 is 1.89 bits per heavy atom. The Labute approximate surface area is 123 Å². The lowest BCUT2D eigenvalue weighted by Gasteiger charge is -2.07. The molecule has 0 unspecified atom stereocenters. The summed E-state index contributed by atoms with van der Waals surface area (Å²) in [4.78, 5) is 11.8. The van der Waals surface area contributed by atoms with E-state index in [1.807, 2.05) is 48.1 Å². The molecule has 0 bridgehead atoms. The number of rotatable bonds is 5. The number of aromatic nitrogens is 1. The number of hydrogen-bond acceptors (Lipinski definition) is 1. The van der Waals surface area contributed by atoms with Crippen LogP contribution in [0.2, 0.25) is 10.0 Å². The minimum Gasteiger partial charge on any atom is -0.349 e. The third kappa shape index (κ3) is 3.40. The summed E-state index contributed by atoms with van der Waals surface area (Å²) in [6.45, 7) is 2.57. The zero-order valence-electron chi connectivity index (χ0n) is 10.7. The molecule has 0 N–H and O–H groups in total. The summed E-state index contributed by atoms with van der Waals surface area (Å²) in [7, 11) is 0. The molecule has 0 spiro atoms. The largest absolute Gasteiger partial charge is 0.349 e. The van der Waals surface area contributed by atoms with E-state index >= 15 is 0 Å². The van der Waals surface area contributed by atoms with Gasteiger partial charge in [0.2, 0.25) is 0 Å². The topological polar surface area (TPSA) is 22.0 Å². The summed E-state index contributed by atoms with van der Waals surface area (Å²) < 4.78 is 1.93. The number of benzene rings is 1. The normalized spacial score (nSPS) is 10.7.